The molecule has 0 saturated carbocycles. The minimum Gasteiger partial charge on any atom is -0.494 e. The maximum atomic E-state index is 5.46. The van der Waals surface area contributed by atoms with Gasteiger partial charge in [-0.05, 0) is 38.0 Å². The summed E-state index contributed by atoms with van der Waals surface area (Å²) in [6.07, 6.45) is 2.78. The molecule has 3 nitrogen and oxygen atoms in total. The van der Waals surface area contributed by atoms with Gasteiger partial charge in [0.1, 0.15) is 5.75 Å². The fourth-order valence-electron chi connectivity index (χ4n) is 1.75. The molecule has 1 aromatic rings. The lowest BCUT2D eigenvalue weighted by Gasteiger charge is -2.15. The van der Waals surface area contributed by atoms with E-state index in [4.69, 9.17) is 9.47 Å². The third kappa shape index (κ3) is 6.41. The molecule has 1 N–H and O–H groups in total. The van der Waals surface area contributed by atoms with Crippen molar-refractivity contribution in [1.29, 1.82) is 0 Å². The van der Waals surface area contributed by atoms with E-state index in [-0.39, 0.29) is 0 Å². The summed E-state index contributed by atoms with van der Waals surface area (Å²) in [7, 11) is 0. The van der Waals surface area contributed by atoms with Crippen LogP contribution in [0.1, 0.15) is 31.9 Å². The molecule has 1 rings (SSSR count). The van der Waals surface area contributed by atoms with Gasteiger partial charge in [0.05, 0.1) is 19.8 Å². The third-order valence-electron chi connectivity index (χ3n) is 2.85. The first-order valence-electron chi connectivity index (χ1n) is 6.92. The first-order chi connectivity index (χ1) is 9.27. The van der Waals surface area contributed by atoms with Crippen molar-refractivity contribution in [3.63, 3.8) is 0 Å². The number of benzene rings is 1. The Kier molecular flexibility index (Phi) is 7.94. The first-order valence-corrected chi connectivity index (χ1v) is 6.92. The maximum Gasteiger partial charge on any atom is 0.119 e. The minimum atomic E-state index is 0.318. The van der Waals surface area contributed by atoms with Crippen LogP contribution < -0.4 is 10.1 Å². The van der Waals surface area contributed by atoms with Gasteiger partial charge in [-0.3, -0.25) is 0 Å². The second-order valence-corrected chi connectivity index (χ2v) is 4.37. The molecule has 0 heterocycles. The van der Waals surface area contributed by atoms with Crippen LogP contribution in [-0.2, 0) is 4.74 Å². The summed E-state index contributed by atoms with van der Waals surface area (Å²) in [5.74, 6) is 0.922. The van der Waals surface area contributed by atoms with Crippen molar-refractivity contribution < 1.29 is 9.47 Å². The van der Waals surface area contributed by atoms with E-state index in [0.717, 1.165) is 31.9 Å². The molecule has 1 atom stereocenters. The maximum absolute atomic E-state index is 5.46. The van der Waals surface area contributed by atoms with Crippen LogP contribution in [-0.4, -0.2) is 26.4 Å². The SMILES string of the molecule is C=CCCOCCNC(C)c1ccc(OCC)cc1. The Bertz CT molecular complexity index is 348. The lowest BCUT2D eigenvalue weighted by molar-refractivity contribution is 0.138. The average Bonchev–Trinajstić information content (AvgIpc) is 2.43. The zero-order valence-electron chi connectivity index (χ0n) is 12.0. The van der Waals surface area contributed by atoms with Gasteiger partial charge in [-0.25, -0.2) is 0 Å². The molecule has 0 spiro atoms. The van der Waals surface area contributed by atoms with Crippen molar-refractivity contribution >= 4 is 0 Å². The van der Waals surface area contributed by atoms with Crippen LogP contribution in [0, 0.1) is 0 Å². The minimum absolute atomic E-state index is 0.318. The first kappa shape index (κ1) is 15.7. The van der Waals surface area contributed by atoms with Gasteiger partial charge in [0.2, 0.25) is 0 Å². The predicted molar refractivity (Wildman–Crippen MR) is 79.7 cm³/mol. The van der Waals surface area contributed by atoms with E-state index < -0.39 is 0 Å². The van der Waals surface area contributed by atoms with Crippen LogP contribution in [0.4, 0.5) is 0 Å². The summed E-state index contributed by atoms with van der Waals surface area (Å²) in [4.78, 5) is 0. The molecule has 0 bridgehead atoms. The Morgan fingerprint density at radius 2 is 2.00 bits per heavy atom. The lowest BCUT2D eigenvalue weighted by atomic mass is 10.1. The smallest absolute Gasteiger partial charge is 0.119 e. The molecule has 1 unspecified atom stereocenters. The van der Waals surface area contributed by atoms with Gasteiger partial charge in [0, 0.05) is 12.6 Å². The molecule has 106 valence electrons. The quantitative estimate of drug-likeness (QED) is 0.519. The van der Waals surface area contributed by atoms with Crippen LogP contribution in [0.25, 0.3) is 0 Å². The standard InChI is InChI=1S/C16H25NO2/c1-4-6-12-18-13-11-17-14(3)15-7-9-16(10-8-15)19-5-2/h4,7-10,14,17H,1,5-6,11-13H2,2-3H3. The van der Waals surface area contributed by atoms with Gasteiger partial charge in [-0.1, -0.05) is 18.2 Å². The van der Waals surface area contributed by atoms with Gasteiger partial charge in [0.15, 0.2) is 0 Å². The summed E-state index contributed by atoms with van der Waals surface area (Å²) in [6.45, 7) is 10.8. The molecule has 0 radical (unpaired) electrons. The van der Waals surface area contributed by atoms with E-state index >= 15 is 0 Å². The highest BCUT2D eigenvalue weighted by molar-refractivity contribution is 5.28. The van der Waals surface area contributed by atoms with Crippen molar-refractivity contribution in [2.75, 3.05) is 26.4 Å². The van der Waals surface area contributed by atoms with E-state index in [1.807, 2.05) is 25.1 Å². The van der Waals surface area contributed by atoms with Crippen LogP contribution in [0.5, 0.6) is 5.75 Å². The van der Waals surface area contributed by atoms with Crippen molar-refractivity contribution in [2.24, 2.45) is 0 Å². The summed E-state index contributed by atoms with van der Waals surface area (Å²) in [5.41, 5.74) is 1.26. The van der Waals surface area contributed by atoms with E-state index in [1.165, 1.54) is 5.56 Å². The Hall–Kier alpha value is -1.32. The van der Waals surface area contributed by atoms with E-state index in [9.17, 15) is 0 Å². The molecular formula is C16H25NO2. The Labute approximate surface area is 116 Å². The number of rotatable bonds is 10. The number of hydrogen-bond donors (Lipinski definition) is 1. The summed E-state index contributed by atoms with van der Waals surface area (Å²) >= 11 is 0. The normalized spacial score (nSPS) is 12.1. The number of nitrogens with one attached hydrogen (secondary N) is 1. The zero-order chi connectivity index (χ0) is 13.9. The fraction of sp³-hybridized carbons (Fsp3) is 0.500. The molecule has 1 aromatic carbocycles. The van der Waals surface area contributed by atoms with Crippen LogP contribution in [0.3, 0.4) is 0 Å². The van der Waals surface area contributed by atoms with E-state index in [1.54, 1.807) is 0 Å². The Morgan fingerprint density at radius 1 is 1.26 bits per heavy atom. The molecule has 0 aliphatic carbocycles. The number of ether oxygens (including phenoxy) is 2. The third-order valence-corrected chi connectivity index (χ3v) is 2.85. The predicted octanol–water partition coefficient (Wildman–Crippen LogP) is 3.33. The van der Waals surface area contributed by atoms with Crippen molar-refractivity contribution in [1.82, 2.24) is 5.32 Å². The van der Waals surface area contributed by atoms with E-state index in [0.29, 0.717) is 12.6 Å². The van der Waals surface area contributed by atoms with E-state index in [2.05, 4.69) is 31.0 Å². The van der Waals surface area contributed by atoms with Crippen LogP contribution in [0.2, 0.25) is 0 Å². The van der Waals surface area contributed by atoms with Crippen molar-refractivity contribution in [2.45, 2.75) is 26.3 Å². The number of hydrogen-bond acceptors (Lipinski definition) is 3. The Morgan fingerprint density at radius 3 is 2.63 bits per heavy atom. The van der Waals surface area contributed by atoms with Crippen LogP contribution in [0.15, 0.2) is 36.9 Å². The molecule has 0 aliphatic rings. The van der Waals surface area contributed by atoms with Gasteiger partial charge in [-0.15, -0.1) is 6.58 Å². The molecule has 0 aliphatic heterocycles. The van der Waals surface area contributed by atoms with Gasteiger partial charge in [-0.2, -0.15) is 0 Å². The summed E-state index contributed by atoms with van der Waals surface area (Å²) < 4.78 is 10.9. The topological polar surface area (TPSA) is 30.5 Å². The van der Waals surface area contributed by atoms with Crippen molar-refractivity contribution in [3.8, 4) is 5.75 Å². The van der Waals surface area contributed by atoms with Gasteiger partial charge >= 0.3 is 0 Å². The van der Waals surface area contributed by atoms with Crippen LogP contribution >= 0.6 is 0 Å². The van der Waals surface area contributed by atoms with Gasteiger partial charge in [0.25, 0.3) is 0 Å². The molecule has 0 saturated heterocycles. The molecule has 0 aromatic heterocycles. The Balaban J connectivity index is 2.24. The molecular weight excluding hydrogens is 238 g/mol. The highest BCUT2D eigenvalue weighted by Crippen LogP contribution is 2.17. The largest absolute Gasteiger partial charge is 0.494 e. The highest BCUT2D eigenvalue weighted by Gasteiger charge is 2.04. The molecule has 3 heteroatoms. The average molecular weight is 263 g/mol. The summed E-state index contributed by atoms with van der Waals surface area (Å²) in [6, 6.07) is 8.54. The zero-order valence-corrected chi connectivity index (χ0v) is 12.0. The summed E-state index contributed by atoms with van der Waals surface area (Å²) in [5, 5.41) is 3.44. The van der Waals surface area contributed by atoms with Gasteiger partial charge < -0.3 is 14.8 Å². The highest BCUT2D eigenvalue weighted by atomic mass is 16.5. The monoisotopic (exact) mass is 263 g/mol. The fourth-order valence-corrected chi connectivity index (χ4v) is 1.75. The van der Waals surface area contributed by atoms with Crippen molar-refractivity contribution in [3.05, 3.63) is 42.5 Å². The molecule has 19 heavy (non-hydrogen) atoms. The molecule has 0 fully saturated rings. The lowest BCUT2D eigenvalue weighted by Crippen LogP contribution is -2.23. The molecule has 0 amide bonds. The second-order valence-electron chi connectivity index (χ2n) is 4.37. The second kappa shape index (κ2) is 9.59.